The summed E-state index contributed by atoms with van der Waals surface area (Å²) < 4.78 is 0. The molecule has 0 aromatic heterocycles. The predicted molar refractivity (Wildman–Crippen MR) is 64.5 cm³/mol. The molecule has 0 fully saturated rings. The van der Waals surface area contributed by atoms with E-state index in [9.17, 15) is 4.79 Å². The first-order chi connectivity index (χ1) is 7.04. The number of nitrogens with one attached hydrogen (secondary N) is 1. The number of allylic oxidation sites excluding steroid dienone is 1. The van der Waals surface area contributed by atoms with Crippen molar-refractivity contribution in [3.63, 3.8) is 0 Å². The molecule has 1 N–H and O–H groups in total. The van der Waals surface area contributed by atoms with Crippen molar-refractivity contribution in [3.05, 3.63) is 39.9 Å². The van der Waals surface area contributed by atoms with Gasteiger partial charge in [-0.1, -0.05) is 29.3 Å². The third kappa shape index (κ3) is 3.26. The summed E-state index contributed by atoms with van der Waals surface area (Å²) in [5.41, 5.74) is 1.29. The van der Waals surface area contributed by atoms with Gasteiger partial charge in [-0.3, -0.25) is 4.79 Å². The summed E-state index contributed by atoms with van der Waals surface area (Å²) in [7, 11) is 0. The summed E-state index contributed by atoms with van der Waals surface area (Å²) >= 11 is 11.6. The number of carbonyl (C=O) groups is 1. The van der Waals surface area contributed by atoms with Crippen molar-refractivity contribution in [3.8, 4) is 0 Å². The second-order valence-electron chi connectivity index (χ2n) is 3.05. The molecule has 0 aliphatic rings. The Morgan fingerprint density at radius 2 is 2.00 bits per heavy atom. The van der Waals surface area contributed by atoms with E-state index in [0.717, 1.165) is 0 Å². The van der Waals surface area contributed by atoms with E-state index in [1.807, 2.05) is 6.92 Å². The first kappa shape index (κ1) is 12.1. The maximum atomic E-state index is 11.5. The topological polar surface area (TPSA) is 29.1 Å². The number of hydrogen-bond acceptors (Lipinski definition) is 1. The van der Waals surface area contributed by atoms with Crippen molar-refractivity contribution in [2.75, 3.05) is 5.32 Å². The third-order valence-electron chi connectivity index (χ3n) is 1.97. The molecule has 1 aromatic carbocycles. The van der Waals surface area contributed by atoms with Gasteiger partial charge in [-0.2, -0.15) is 0 Å². The normalized spacial score (nSPS) is 11.3. The van der Waals surface area contributed by atoms with Crippen LogP contribution in [0, 0.1) is 0 Å². The van der Waals surface area contributed by atoms with Crippen LogP contribution in [0.5, 0.6) is 0 Å². The van der Waals surface area contributed by atoms with Crippen molar-refractivity contribution in [2.45, 2.75) is 13.8 Å². The lowest BCUT2D eigenvalue weighted by molar-refractivity contribution is -0.112. The molecular weight excluding hydrogens is 233 g/mol. The van der Waals surface area contributed by atoms with Crippen LogP contribution >= 0.6 is 23.2 Å². The summed E-state index contributed by atoms with van der Waals surface area (Å²) in [5.74, 6) is -0.143. The molecular formula is C11H11Cl2NO. The molecule has 15 heavy (non-hydrogen) atoms. The highest BCUT2D eigenvalue weighted by atomic mass is 35.5. The number of halogens is 2. The van der Waals surface area contributed by atoms with Gasteiger partial charge in [0.2, 0.25) is 0 Å². The lowest BCUT2D eigenvalue weighted by Gasteiger charge is -2.05. The van der Waals surface area contributed by atoms with Gasteiger partial charge in [0.15, 0.2) is 0 Å². The standard InChI is InChI=1S/C11H11Cl2NO/c1-3-7(2)11(15)14-8-4-5-9(12)10(13)6-8/h3-6H,1-2H3,(H,14,15). The zero-order valence-electron chi connectivity index (χ0n) is 8.47. The molecule has 0 unspecified atom stereocenters. The van der Waals surface area contributed by atoms with E-state index >= 15 is 0 Å². The molecule has 0 aliphatic carbocycles. The summed E-state index contributed by atoms with van der Waals surface area (Å²) in [5, 5.41) is 3.60. The minimum absolute atomic E-state index is 0.143. The van der Waals surface area contributed by atoms with Gasteiger partial charge >= 0.3 is 0 Å². The molecule has 0 bridgehead atoms. The summed E-state index contributed by atoms with van der Waals surface area (Å²) in [6.07, 6.45) is 1.74. The average molecular weight is 244 g/mol. The number of benzene rings is 1. The highest BCUT2D eigenvalue weighted by molar-refractivity contribution is 6.42. The smallest absolute Gasteiger partial charge is 0.250 e. The molecule has 1 amide bonds. The Hall–Kier alpha value is -0.990. The van der Waals surface area contributed by atoms with E-state index in [1.165, 1.54) is 0 Å². The zero-order chi connectivity index (χ0) is 11.4. The second-order valence-corrected chi connectivity index (χ2v) is 3.87. The third-order valence-corrected chi connectivity index (χ3v) is 2.71. The van der Waals surface area contributed by atoms with Gasteiger partial charge in [-0.25, -0.2) is 0 Å². The van der Waals surface area contributed by atoms with Crippen molar-refractivity contribution >= 4 is 34.8 Å². The van der Waals surface area contributed by atoms with Crippen LogP contribution < -0.4 is 5.32 Å². The molecule has 0 heterocycles. The fourth-order valence-corrected chi connectivity index (χ4v) is 1.23. The van der Waals surface area contributed by atoms with Crippen molar-refractivity contribution in [1.82, 2.24) is 0 Å². The van der Waals surface area contributed by atoms with Crippen LogP contribution in [-0.2, 0) is 4.79 Å². The van der Waals surface area contributed by atoms with E-state index in [1.54, 1.807) is 31.2 Å². The lowest BCUT2D eigenvalue weighted by atomic mass is 10.2. The van der Waals surface area contributed by atoms with Gasteiger partial charge < -0.3 is 5.32 Å². The highest BCUT2D eigenvalue weighted by Gasteiger charge is 2.05. The SMILES string of the molecule is CC=C(C)C(=O)Nc1ccc(Cl)c(Cl)c1. The number of rotatable bonds is 2. The minimum atomic E-state index is -0.143. The second kappa shape index (κ2) is 5.19. The Morgan fingerprint density at radius 1 is 1.33 bits per heavy atom. The molecule has 0 atom stereocenters. The Morgan fingerprint density at radius 3 is 2.53 bits per heavy atom. The first-order valence-corrected chi connectivity index (χ1v) is 5.19. The van der Waals surface area contributed by atoms with Crippen LogP contribution in [0.25, 0.3) is 0 Å². The maximum Gasteiger partial charge on any atom is 0.250 e. The summed E-state index contributed by atoms with van der Waals surface area (Å²) in [6, 6.07) is 4.96. The lowest BCUT2D eigenvalue weighted by Crippen LogP contribution is -2.12. The van der Waals surface area contributed by atoms with E-state index in [4.69, 9.17) is 23.2 Å². The number of anilines is 1. The van der Waals surface area contributed by atoms with Crippen LogP contribution in [0.3, 0.4) is 0 Å². The maximum absolute atomic E-state index is 11.5. The molecule has 1 aromatic rings. The van der Waals surface area contributed by atoms with E-state index in [-0.39, 0.29) is 5.91 Å². The van der Waals surface area contributed by atoms with Crippen molar-refractivity contribution in [2.24, 2.45) is 0 Å². The van der Waals surface area contributed by atoms with Crippen LogP contribution in [0.1, 0.15) is 13.8 Å². The Balaban J connectivity index is 2.82. The van der Waals surface area contributed by atoms with Gasteiger partial charge in [0.25, 0.3) is 5.91 Å². The van der Waals surface area contributed by atoms with Crippen molar-refractivity contribution < 1.29 is 4.79 Å². The number of amides is 1. The van der Waals surface area contributed by atoms with E-state index in [0.29, 0.717) is 21.3 Å². The Labute approximate surface area is 98.9 Å². The first-order valence-electron chi connectivity index (χ1n) is 4.44. The predicted octanol–water partition coefficient (Wildman–Crippen LogP) is 3.90. The minimum Gasteiger partial charge on any atom is -0.322 e. The quantitative estimate of drug-likeness (QED) is 0.785. The van der Waals surface area contributed by atoms with Gasteiger partial charge in [0.1, 0.15) is 0 Å². The Bertz CT molecular complexity index is 413. The van der Waals surface area contributed by atoms with Gasteiger partial charge in [-0.05, 0) is 32.0 Å². The van der Waals surface area contributed by atoms with Gasteiger partial charge in [-0.15, -0.1) is 0 Å². The van der Waals surface area contributed by atoms with E-state index in [2.05, 4.69) is 5.32 Å². The van der Waals surface area contributed by atoms with E-state index < -0.39 is 0 Å². The average Bonchev–Trinajstić information content (AvgIpc) is 2.22. The number of carbonyl (C=O) groups excluding carboxylic acids is 1. The fourth-order valence-electron chi connectivity index (χ4n) is 0.935. The largest absolute Gasteiger partial charge is 0.322 e. The van der Waals surface area contributed by atoms with Gasteiger partial charge in [0, 0.05) is 11.3 Å². The highest BCUT2D eigenvalue weighted by Crippen LogP contribution is 2.25. The van der Waals surface area contributed by atoms with Crippen LogP contribution in [0.2, 0.25) is 10.0 Å². The molecule has 2 nitrogen and oxygen atoms in total. The van der Waals surface area contributed by atoms with Gasteiger partial charge in [0.05, 0.1) is 10.0 Å². The molecule has 0 aliphatic heterocycles. The molecule has 0 saturated carbocycles. The zero-order valence-corrected chi connectivity index (χ0v) is 9.99. The number of hydrogen-bond donors (Lipinski definition) is 1. The summed E-state index contributed by atoms with van der Waals surface area (Å²) in [6.45, 7) is 3.55. The molecule has 0 saturated heterocycles. The van der Waals surface area contributed by atoms with Crippen LogP contribution in [0.15, 0.2) is 29.8 Å². The van der Waals surface area contributed by atoms with Crippen LogP contribution in [-0.4, -0.2) is 5.91 Å². The molecule has 80 valence electrons. The van der Waals surface area contributed by atoms with Crippen LogP contribution in [0.4, 0.5) is 5.69 Å². The van der Waals surface area contributed by atoms with Crippen molar-refractivity contribution in [1.29, 1.82) is 0 Å². The molecule has 1 rings (SSSR count). The molecule has 4 heteroatoms. The monoisotopic (exact) mass is 243 g/mol. The summed E-state index contributed by atoms with van der Waals surface area (Å²) in [4.78, 5) is 11.5. The molecule has 0 spiro atoms. The Kier molecular flexibility index (Phi) is 4.18. The molecule has 0 radical (unpaired) electrons. The fraction of sp³-hybridized carbons (Fsp3) is 0.182.